The van der Waals surface area contributed by atoms with Gasteiger partial charge in [-0.1, -0.05) is 24.3 Å². The number of hydrogen-bond acceptors (Lipinski definition) is 4. The Bertz CT molecular complexity index is 997. The van der Waals surface area contributed by atoms with Crippen LogP contribution >= 0.6 is 0 Å². The Morgan fingerprint density at radius 2 is 1.48 bits per heavy atom. The summed E-state index contributed by atoms with van der Waals surface area (Å²) in [6, 6.07) is 21.7. The first-order chi connectivity index (χ1) is 13.9. The van der Waals surface area contributed by atoms with Crippen molar-refractivity contribution in [3.63, 3.8) is 0 Å². The Hall–Kier alpha value is -3.60. The summed E-state index contributed by atoms with van der Waals surface area (Å²) in [6.07, 6.45) is -0.927. The third-order valence-electron chi connectivity index (χ3n) is 4.50. The van der Waals surface area contributed by atoms with Crippen molar-refractivity contribution < 1.29 is 19.1 Å². The molecular formula is C24H23NO4. The fraction of sp³-hybridized carbons (Fsp3) is 0.167. The van der Waals surface area contributed by atoms with Gasteiger partial charge in [0, 0.05) is 5.69 Å². The molecule has 5 nitrogen and oxygen atoms in total. The van der Waals surface area contributed by atoms with E-state index in [0.717, 1.165) is 16.9 Å². The first-order valence-electron chi connectivity index (χ1n) is 9.34. The second kappa shape index (κ2) is 9.06. The van der Waals surface area contributed by atoms with Crippen LogP contribution in [0, 0.1) is 13.8 Å². The van der Waals surface area contributed by atoms with E-state index in [1.54, 1.807) is 43.3 Å². The summed E-state index contributed by atoms with van der Waals surface area (Å²) in [6.45, 7) is 5.44. The fourth-order valence-corrected chi connectivity index (χ4v) is 2.63. The van der Waals surface area contributed by atoms with Crippen LogP contribution < -0.4 is 10.1 Å². The maximum atomic E-state index is 12.4. The zero-order chi connectivity index (χ0) is 20.8. The summed E-state index contributed by atoms with van der Waals surface area (Å²) in [5.74, 6) is 0.459. The molecule has 3 aromatic rings. The molecule has 0 unspecified atom stereocenters. The molecule has 0 radical (unpaired) electrons. The van der Waals surface area contributed by atoms with Crippen LogP contribution in [-0.4, -0.2) is 18.0 Å². The van der Waals surface area contributed by atoms with Crippen molar-refractivity contribution in [2.75, 3.05) is 5.32 Å². The van der Waals surface area contributed by atoms with Crippen LogP contribution in [0.4, 0.5) is 5.69 Å². The first kappa shape index (κ1) is 20.1. The highest BCUT2D eigenvalue weighted by atomic mass is 16.5. The largest absolute Gasteiger partial charge is 0.457 e. The number of aryl methyl sites for hydroxylation is 2. The van der Waals surface area contributed by atoms with Crippen LogP contribution in [-0.2, 0) is 9.53 Å². The molecule has 0 fully saturated rings. The van der Waals surface area contributed by atoms with E-state index in [0.29, 0.717) is 17.0 Å². The van der Waals surface area contributed by atoms with Crippen LogP contribution in [0.1, 0.15) is 28.4 Å². The molecule has 1 N–H and O–H groups in total. The molecule has 0 aromatic heterocycles. The number of nitrogens with one attached hydrogen (secondary N) is 1. The van der Waals surface area contributed by atoms with E-state index in [-0.39, 0.29) is 0 Å². The summed E-state index contributed by atoms with van der Waals surface area (Å²) in [5.41, 5.74) is 3.10. The predicted molar refractivity (Wildman–Crippen MR) is 112 cm³/mol. The standard InChI is InChI=1S/C24H23NO4/c1-16-9-10-19(15-17(16)2)24(27)28-18(3)23(26)25-20-11-13-22(14-12-20)29-21-7-5-4-6-8-21/h4-15,18H,1-3H3,(H,25,26)/t18-/m0/s1. The lowest BCUT2D eigenvalue weighted by Crippen LogP contribution is -2.30. The van der Waals surface area contributed by atoms with Gasteiger partial charge in [-0.25, -0.2) is 4.79 Å². The van der Waals surface area contributed by atoms with Crippen molar-refractivity contribution in [3.8, 4) is 11.5 Å². The Balaban J connectivity index is 1.56. The third kappa shape index (κ3) is 5.45. The minimum Gasteiger partial charge on any atom is -0.457 e. The lowest BCUT2D eigenvalue weighted by atomic mass is 10.1. The molecule has 1 amide bonds. The third-order valence-corrected chi connectivity index (χ3v) is 4.50. The molecule has 0 heterocycles. The minimum atomic E-state index is -0.927. The van der Waals surface area contributed by atoms with Crippen molar-refractivity contribution in [2.45, 2.75) is 26.9 Å². The van der Waals surface area contributed by atoms with E-state index in [1.807, 2.05) is 50.2 Å². The molecule has 0 saturated carbocycles. The number of hydrogen-bond donors (Lipinski definition) is 1. The normalized spacial score (nSPS) is 11.4. The van der Waals surface area contributed by atoms with Gasteiger partial charge in [0.15, 0.2) is 6.10 Å². The average Bonchev–Trinajstić information content (AvgIpc) is 2.72. The number of carbonyl (C=O) groups is 2. The zero-order valence-corrected chi connectivity index (χ0v) is 16.6. The van der Waals surface area contributed by atoms with Crippen LogP contribution in [0.15, 0.2) is 72.8 Å². The van der Waals surface area contributed by atoms with E-state index in [2.05, 4.69) is 5.32 Å². The molecule has 148 valence electrons. The lowest BCUT2D eigenvalue weighted by Gasteiger charge is -2.14. The summed E-state index contributed by atoms with van der Waals surface area (Å²) in [4.78, 5) is 24.6. The Kier molecular flexibility index (Phi) is 6.29. The van der Waals surface area contributed by atoms with Gasteiger partial charge in [-0.05, 0) is 80.4 Å². The predicted octanol–water partition coefficient (Wildman–Crippen LogP) is 5.28. The van der Waals surface area contributed by atoms with Gasteiger partial charge in [-0.2, -0.15) is 0 Å². The van der Waals surface area contributed by atoms with Gasteiger partial charge >= 0.3 is 5.97 Å². The summed E-state index contributed by atoms with van der Waals surface area (Å²) in [5, 5.41) is 2.74. The van der Waals surface area contributed by atoms with Gasteiger partial charge in [0.25, 0.3) is 5.91 Å². The zero-order valence-electron chi connectivity index (χ0n) is 16.6. The van der Waals surface area contributed by atoms with Crippen LogP contribution in [0.3, 0.4) is 0 Å². The van der Waals surface area contributed by atoms with Gasteiger partial charge < -0.3 is 14.8 Å². The second-order valence-corrected chi connectivity index (χ2v) is 6.78. The Labute approximate surface area is 170 Å². The minimum absolute atomic E-state index is 0.404. The second-order valence-electron chi connectivity index (χ2n) is 6.78. The molecule has 0 aliphatic rings. The van der Waals surface area contributed by atoms with Gasteiger partial charge in [0.05, 0.1) is 5.56 Å². The fourth-order valence-electron chi connectivity index (χ4n) is 2.63. The number of ether oxygens (including phenoxy) is 2. The van der Waals surface area contributed by atoms with Gasteiger partial charge in [0.2, 0.25) is 0 Å². The monoisotopic (exact) mass is 389 g/mol. The van der Waals surface area contributed by atoms with Gasteiger partial charge in [0.1, 0.15) is 11.5 Å². The average molecular weight is 389 g/mol. The molecule has 1 atom stereocenters. The number of anilines is 1. The number of rotatable bonds is 6. The number of esters is 1. The molecule has 3 rings (SSSR count). The Morgan fingerprint density at radius 1 is 0.828 bits per heavy atom. The topological polar surface area (TPSA) is 64.6 Å². The van der Waals surface area contributed by atoms with Crippen molar-refractivity contribution in [2.24, 2.45) is 0 Å². The van der Waals surface area contributed by atoms with Crippen LogP contribution in [0.25, 0.3) is 0 Å². The SMILES string of the molecule is Cc1ccc(C(=O)O[C@@H](C)C(=O)Nc2ccc(Oc3ccccc3)cc2)cc1C. The van der Waals surface area contributed by atoms with Crippen LogP contribution in [0.5, 0.6) is 11.5 Å². The lowest BCUT2D eigenvalue weighted by molar-refractivity contribution is -0.123. The maximum Gasteiger partial charge on any atom is 0.338 e. The molecule has 5 heteroatoms. The maximum absolute atomic E-state index is 12.4. The van der Waals surface area contributed by atoms with Crippen molar-refractivity contribution in [1.29, 1.82) is 0 Å². The van der Waals surface area contributed by atoms with E-state index >= 15 is 0 Å². The Morgan fingerprint density at radius 3 is 2.14 bits per heavy atom. The number of amides is 1. The van der Waals surface area contributed by atoms with Gasteiger partial charge in [-0.3, -0.25) is 4.79 Å². The number of benzene rings is 3. The van der Waals surface area contributed by atoms with E-state index < -0.39 is 18.0 Å². The summed E-state index contributed by atoms with van der Waals surface area (Å²) < 4.78 is 11.0. The number of carbonyl (C=O) groups excluding carboxylic acids is 2. The summed E-state index contributed by atoms with van der Waals surface area (Å²) in [7, 11) is 0. The highest BCUT2D eigenvalue weighted by Gasteiger charge is 2.19. The molecule has 0 aliphatic heterocycles. The first-order valence-corrected chi connectivity index (χ1v) is 9.34. The quantitative estimate of drug-likeness (QED) is 0.583. The van der Waals surface area contributed by atoms with Crippen molar-refractivity contribution in [3.05, 3.63) is 89.5 Å². The van der Waals surface area contributed by atoms with E-state index in [9.17, 15) is 9.59 Å². The van der Waals surface area contributed by atoms with E-state index in [1.165, 1.54) is 0 Å². The molecule has 0 aliphatic carbocycles. The molecule has 0 spiro atoms. The molecule has 29 heavy (non-hydrogen) atoms. The number of para-hydroxylation sites is 1. The van der Waals surface area contributed by atoms with Crippen molar-refractivity contribution in [1.82, 2.24) is 0 Å². The molecule has 0 saturated heterocycles. The smallest absolute Gasteiger partial charge is 0.338 e. The van der Waals surface area contributed by atoms with Crippen molar-refractivity contribution >= 4 is 17.6 Å². The highest BCUT2D eigenvalue weighted by molar-refractivity contribution is 5.97. The molecule has 3 aromatic carbocycles. The van der Waals surface area contributed by atoms with Gasteiger partial charge in [-0.15, -0.1) is 0 Å². The molecule has 0 bridgehead atoms. The molecular weight excluding hydrogens is 366 g/mol. The highest BCUT2D eigenvalue weighted by Crippen LogP contribution is 2.22. The van der Waals surface area contributed by atoms with Crippen LogP contribution in [0.2, 0.25) is 0 Å². The van der Waals surface area contributed by atoms with E-state index in [4.69, 9.17) is 9.47 Å². The summed E-state index contributed by atoms with van der Waals surface area (Å²) >= 11 is 0.